The van der Waals surface area contributed by atoms with Gasteiger partial charge in [-0.05, 0) is 106 Å². The van der Waals surface area contributed by atoms with Gasteiger partial charge in [0, 0.05) is 53.1 Å². The minimum absolute atomic E-state index is 1.18. The van der Waals surface area contributed by atoms with Gasteiger partial charge in [-0.25, -0.2) is 0 Å². The van der Waals surface area contributed by atoms with Gasteiger partial charge in [0.15, 0.2) is 0 Å². The third kappa shape index (κ3) is 4.67. The fraction of sp³-hybridized carbons (Fsp3) is 0. The molecule has 0 bridgehead atoms. The van der Waals surface area contributed by atoms with Gasteiger partial charge in [-0.15, -0.1) is 11.3 Å². The lowest BCUT2D eigenvalue weighted by molar-refractivity contribution is 1.19. The highest BCUT2D eigenvalue weighted by Gasteiger charge is 2.16. The lowest BCUT2D eigenvalue weighted by Gasteiger charge is -2.10. The molecule has 0 saturated heterocycles. The summed E-state index contributed by atoms with van der Waals surface area (Å²) < 4.78 is 7.48. The zero-order valence-electron chi connectivity index (χ0n) is 29.8. The SMILES string of the molecule is c1ccc2cc(-n3c4ccccc4c4cc(-c5ccc(-c6ccc7c(c6)c6ccccc6n7-c6ccc7sc8ccccc8c7c6)cc5)ccc43)ccc2c1. The van der Waals surface area contributed by atoms with Crippen LogP contribution in [0.5, 0.6) is 0 Å². The van der Waals surface area contributed by atoms with Crippen LogP contribution in [0, 0.1) is 0 Å². The summed E-state index contributed by atoms with van der Waals surface area (Å²) in [6.07, 6.45) is 0. The van der Waals surface area contributed by atoms with Crippen LogP contribution in [0.25, 0.3) is 108 Å². The van der Waals surface area contributed by atoms with E-state index < -0.39 is 0 Å². The number of thiophene rings is 1. The third-order valence-corrected chi connectivity index (χ3v) is 12.7. The number of hydrogen-bond donors (Lipinski definition) is 0. The first-order chi connectivity index (χ1) is 27.2. The van der Waals surface area contributed by atoms with Crippen LogP contribution >= 0.6 is 11.3 Å². The normalized spacial score (nSPS) is 12.0. The van der Waals surface area contributed by atoms with E-state index in [2.05, 4.69) is 203 Å². The van der Waals surface area contributed by atoms with Crippen LogP contribution in [0.15, 0.2) is 194 Å². The van der Waals surface area contributed by atoms with E-state index in [1.165, 1.54) is 108 Å². The predicted octanol–water partition coefficient (Wildman–Crippen LogP) is 14.7. The second kappa shape index (κ2) is 11.8. The number of aromatic nitrogens is 2. The van der Waals surface area contributed by atoms with E-state index in [0.29, 0.717) is 0 Å². The van der Waals surface area contributed by atoms with Crippen molar-refractivity contribution >= 4 is 85.9 Å². The third-order valence-electron chi connectivity index (χ3n) is 11.5. The zero-order chi connectivity index (χ0) is 36.0. The summed E-state index contributed by atoms with van der Waals surface area (Å²) in [5, 5.41) is 10.2. The highest BCUT2D eigenvalue weighted by molar-refractivity contribution is 7.25. The summed E-state index contributed by atoms with van der Waals surface area (Å²) in [7, 11) is 0. The molecule has 3 heterocycles. The zero-order valence-corrected chi connectivity index (χ0v) is 30.6. The lowest BCUT2D eigenvalue weighted by atomic mass is 9.98. The summed E-state index contributed by atoms with van der Waals surface area (Å²) in [6.45, 7) is 0. The first-order valence-corrected chi connectivity index (χ1v) is 19.6. The topological polar surface area (TPSA) is 9.86 Å². The van der Waals surface area contributed by atoms with Crippen molar-refractivity contribution < 1.29 is 0 Å². The van der Waals surface area contributed by atoms with E-state index in [0.717, 1.165) is 0 Å². The lowest BCUT2D eigenvalue weighted by Crippen LogP contribution is -1.93. The quantitative estimate of drug-likeness (QED) is 0.172. The summed E-state index contributed by atoms with van der Waals surface area (Å²) in [5.74, 6) is 0. The Labute approximate surface area is 321 Å². The molecule has 0 atom stereocenters. The van der Waals surface area contributed by atoms with Crippen LogP contribution in [-0.4, -0.2) is 9.13 Å². The van der Waals surface area contributed by atoms with Gasteiger partial charge in [0.2, 0.25) is 0 Å². The Hall–Kier alpha value is -6.94. The molecule has 2 nitrogen and oxygen atoms in total. The molecule has 0 radical (unpaired) electrons. The van der Waals surface area contributed by atoms with E-state index in [9.17, 15) is 0 Å². The maximum atomic E-state index is 2.43. The Morgan fingerprint density at radius 2 is 0.745 bits per heavy atom. The van der Waals surface area contributed by atoms with Crippen LogP contribution in [-0.2, 0) is 0 Å². The Balaban J connectivity index is 0.933. The van der Waals surface area contributed by atoms with E-state index in [1.54, 1.807) is 0 Å². The number of rotatable bonds is 4. The molecule has 12 rings (SSSR count). The molecule has 3 aromatic heterocycles. The minimum atomic E-state index is 1.18. The molecule has 0 spiro atoms. The van der Waals surface area contributed by atoms with Gasteiger partial charge in [0.1, 0.15) is 0 Å². The van der Waals surface area contributed by atoms with E-state index in [-0.39, 0.29) is 0 Å². The van der Waals surface area contributed by atoms with Gasteiger partial charge in [0.05, 0.1) is 22.1 Å². The minimum Gasteiger partial charge on any atom is -0.309 e. The maximum Gasteiger partial charge on any atom is 0.0541 e. The van der Waals surface area contributed by atoms with Crippen LogP contribution in [0.2, 0.25) is 0 Å². The van der Waals surface area contributed by atoms with Gasteiger partial charge in [0.25, 0.3) is 0 Å². The molecule has 0 saturated carbocycles. The number of benzene rings is 9. The molecule has 0 aliphatic heterocycles. The fourth-order valence-electron chi connectivity index (χ4n) is 8.89. The molecule has 0 N–H and O–H groups in total. The monoisotopic (exact) mass is 716 g/mol. The highest BCUT2D eigenvalue weighted by atomic mass is 32.1. The average Bonchev–Trinajstić information content (AvgIpc) is 3.90. The second-order valence-corrected chi connectivity index (χ2v) is 15.6. The standard InChI is InChI=1S/C52H32N2S/c1-2-10-36-29-39(24-21-33(36)9-1)53-47-14-6-3-11-41(47)44-30-37(22-26-49(44)53)34-17-19-35(20-18-34)38-23-27-50-45(31-38)42-12-4-7-15-48(42)54(50)40-25-28-52-46(32-40)43-13-5-8-16-51(43)55-52/h1-32H. The molecule has 0 aliphatic carbocycles. The van der Waals surface area contributed by atoms with Crippen molar-refractivity contribution in [3.63, 3.8) is 0 Å². The van der Waals surface area contributed by atoms with Gasteiger partial charge in [-0.1, -0.05) is 121 Å². The molecular weight excluding hydrogens is 685 g/mol. The Morgan fingerprint density at radius 1 is 0.273 bits per heavy atom. The van der Waals surface area contributed by atoms with Crippen LogP contribution < -0.4 is 0 Å². The Bertz CT molecular complexity index is 3490. The van der Waals surface area contributed by atoms with Crippen LogP contribution in [0.3, 0.4) is 0 Å². The summed E-state index contributed by atoms with van der Waals surface area (Å²) in [5.41, 5.74) is 12.1. The van der Waals surface area contributed by atoms with E-state index >= 15 is 0 Å². The number of fused-ring (bicyclic) bond motifs is 10. The number of hydrogen-bond acceptors (Lipinski definition) is 1. The second-order valence-electron chi connectivity index (χ2n) is 14.6. The van der Waals surface area contributed by atoms with Crippen LogP contribution in [0.1, 0.15) is 0 Å². The van der Waals surface area contributed by atoms with Gasteiger partial charge < -0.3 is 9.13 Å². The Kier molecular flexibility index (Phi) is 6.54. The molecule has 0 unspecified atom stereocenters. The molecule has 55 heavy (non-hydrogen) atoms. The number of para-hydroxylation sites is 2. The summed E-state index contributed by atoms with van der Waals surface area (Å²) in [6, 6.07) is 71.5. The molecular formula is C52H32N2S. The molecule has 256 valence electrons. The molecule has 0 fully saturated rings. The van der Waals surface area contributed by atoms with Crippen molar-refractivity contribution in [1.29, 1.82) is 0 Å². The highest BCUT2D eigenvalue weighted by Crippen LogP contribution is 2.40. The molecule has 9 aromatic carbocycles. The number of nitrogens with zero attached hydrogens (tertiary/aromatic N) is 2. The van der Waals surface area contributed by atoms with E-state index in [4.69, 9.17) is 0 Å². The van der Waals surface area contributed by atoms with Crippen molar-refractivity contribution in [3.8, 4) is 33.6 Å². The Morgan fingerprint density at radius 3 is 1.40 bits per heavy atom. The van der Waals surface area contributed by atoms with Crippen LogP contribution in [0.4, 0.5) is 0 Å². The van der Waals surface area contributed by atoms with Crippen molar-refractivity contribution in [2.45, 2.75) is 0 Å². The molecule has 0 amide bonds. The maximum absolute atomic E-state index is 2.43. The van der Waals surface area contributed by atoms with E-state index in [1.807, 2.05) is 11.3 Å². The average molecular weight is 717 g/mol. The van der Waals surface area contributed by atoms with Gasteiger partial charge in [-0.2, -0.15) is 0 Å². The van der Waals surface area contributed by atoms with Crippen molar-refractivity contribution in [2.75, 3.05) is 0 Å². The molecule has 12 aromatic rings. The first kappa shape index (κ1) is 30.5. The summed E-state index contributed by atoms with van der Waals surface area (Å²) >= 11 is 1.86. The van der Waals surface area contributed by atoms with Gasteiger partial charge >= 0.3 is 0 Å². The smallest absolute Gasteiger partial charge is 0.0541 e. The van der Waals surface area contributed by atoms with Gasteiger partial charge in [-0.3, -0.25) is 0 Å². The van der Waals surface area contributed by atoms with Crippen molar-refractivity contribution in [3.05, 3.63) is 194 Å². The molecule has 3 heteroatoms. The fourth-order valence-corrected chi connectivity index (χ4v) is 9.97. The first-order valence-electron chi connectivity index (χ1n) is 18.8. The largest absolute Gasteiger partial charge is 0.309 e. The summed E-state index contributed by atoms with van der Waals surface area (Å²) in [4.78, 5) is 0. The van der Waals surface area contributed by atoms with Crippen molar-refractivity contribution in [1.82, 2.24) is 9.13 Å². The molecule has 0 aliphatic rings. The predicted molar refractivity (Wildman–Crippen MR) is 236 cm³/mol. The van der Waals surface area contributed by atoms with Crippen molar-refractivity contribution in [2.24, 2.45) is 0 Å².